The minimum atomic E-state index is 0.903. The standard InChI is InChI=1S/C7H7N3.2C2H6/c1-6-5-8-7-3-2-4-9-10(6)7;2*1-2/h2-5H,1H3;2*1-2H3. The molecule has 0 aromatic carbocycles. The molecule has 2 rings (SSSR count). The molecule has 0 fully saturated rings. The summed E-state index contributed by atoms with van der Waals surface area (Å²) >= 11 is 0. The second kappa shape index (κ2) is 7.06. The molecule has 78 valence electrons. The zero-order chi connectivity index (χ0) is 11.0. The maximum Gasteiger partial charge on any atom is 0.153 e. The number of nitrogens with zero attached hydrogens (tertiary/aromatic N) is 3. The average Bonchev–Trinajstić information content (AvgIpc) is 2.67. The summed E-state index contributed by atoms with van der Waals surface area (Å²) in [5.74, 6) is 0. The van der Waals surface area contributed by atoms with E-state index in [-0.39, 0.29) is 0 Å². The van der Waals surface area contributed by atoms with Crippen LogP contribution in [-0.4, -0.2) is 14.6 Å². The highest BCUT2D eigenvalue weighted by molar-refractivity contribution is 5.36. The molecule has 0 saturated carbocycles. The van der Waals surface area contributed by atoms with Crippen LogP contribution in [0, 0.1) is 6.92 Å². The SMILES string of the molecule is CC.CC.Cc1cnc2cccnn12. The Morgan fingerprint density at radius 1 is 1.14 bits per heavy atom. The monoisotopic (exact) mass is 193 g/mol. The van der Waals surface area contributed by atoms with E-state index in [0.29, 0.717) is 0 Å². The molecule has 0 amide bonds. The lowest BCUT2D eigenvalue weighted by molar-refractivity contribution is 0.899. The summed E-state index contributed by atoms with van der Waals surface area (Å²) in [6.07, 6.45) is 3.56. The van der Waals surface area contributed by atoms with Crippen LogP contribution in [0.3, 0.4) is 0 Å². The fourth-order valence-corrected chi connectivity index (χ4v) is 0.948. The summed E-state index contributed by atoms with van der Waals surface area (Å²) < 4.78 is 1.81. The van der Waals surface area contributed by atoms with E-state index in [9.17, 15) is 0 Å². The van der Waals surface area contributed by atoms with Crippen molar-refractivity contribution in [2.45, 2.75) is 34.6 Å². The Morgan fingerprint density at radius 3 is 2.36 bits per heavy atom. The maximum absolute atomic E-state index is 4.12. The Kier molecular flexibility index (Phi) is 6.37. The van der Waals surface area contributed by atoms with E-state index in [0.717, 1.165) is 11.3 Å². The van der Waals surface area contributed by atoms with Crippen LogP contribution in [0.5, 0.6) is 0 Å². The molecule has 0 bridgehead atoms. The van der Waals surface area contributed by atoms with Gasteiger partial charge in [0.05, 0.1) is 11.9 Å². The Balaban J connectivity index is 0.000000379. The fourth-order valence-electron chi connectivity index (χ4n) is 0.948. The maximum atomic E-state index is 4.12. The molecule has 0 unspecified atom stereocenters. The largest absolute Gasteiger partial charge is 0.235 e. The predicted octanol–water partition coefficient (Wildman–Crippen LogP) is 3.09. The van der Waals surface area contributed by atoms with Crippen LogP contribution in [0.1, 0.15) is 33.4 Å². The van der Waals surface area contributed by atoms with E-state index < -0.39 is 0 Å². The van der Waals surface area contributed by atoms with E-state index >= 15 is 0 Å². The van der Waals surface area contributed by atoms with Gasteiger partial charge in [0.15, 0.2) is 5.65 Å². The Morgan fingerprint density at radius 2 is 1.79 bits per heavy atom. The zero-order valence-corrected chi connectivity index (χ0v) is 9.65. The lowest BCUT2D eigenvalue weighted by Crippen LogP contribution is -1.90. The van der Waals surface area contributed by atoms with Crippen molar-refractivity contribution in [1.29, 1.82) is 0 Å². The van der Waals surface area contributed by atoms with E-state index in [1.165, 1.54) is 0 Å². The highest BCUT2D eigenvalue weighted by Gasteiger charge is 1.94. The Hall–Kier alpha value is -1.38. The molecule has 0 spiro atoms. The first-order valence-corrected chi connectivity index (χ1v) is 5.13. The van der Waals surface area contributed by atoms with Crippen molar-refractivity contribution >= 4 is 5.65 Å². The molecule has 0 saturated heterocycles. The van der Waals surface area contributed by atoms with Gasteiger partial charge in [-0.25, -0.2) is 9.50 Å². The average molecular weight is 193 g/mol. The van der Waals surface area contributed by atoms with E-state index in [1.807, 2.05) is 52.9 Å². The first-order chi connectivity index (χ1) is 6.88. The smallest absolute Gasteiger partial charge is 0.153 e. The molecule has 0 atom stereocenters. The molecule has 0 aliphatic carbocycles. The highest BCUT2D eigenvalue weighted by Crippen LogP contribution is 2.00. The molecule has 3 heteroatoms. The van der Waals surface area contributed by atoms with Gasteiger partial charge in [0.25, 0.3) is 0 Å². The van der Waals surface area contributed by atoms with Gasteiger partial charge in [-0.1, -0.05) is 27.7 Å². The van der Waals surface area contributed by atoms with Gasteiger partial charge >= 0.3 is 0 Å². The van der Waals surface area contributed by atoms with Crippen LogP contribution in [0.15, 0.2) is 24.5 Å². The molecular formula is C11H19N3. The number of imidazole rings is 1. The summed E-state index contributed by atoms with van der Waals surface area (Å²) in [6, 6.07) is 3.81. The van der Waals surface area contributed by atoms with E-state index in [2.05, 4.69) is 10.1 Å². The van der Waals surface area contributed by atoms with Crippen LogP contribution in [0.2, 0.25) is 0 Å². The molecule has 14 heavy (non-hydrogen) atoms. The summed E-state index contributed by atoms with van der Waals surface area (Å²) in [5.41, 5.74) is 1.97. The lowest BCUT2D eigenvalue weighted by atomic mass is 10.5. The van der Waals surface area contributed by atoms with E-state index in [1.54, 1.807) is 10.7 Å². The predicted molar refractivity (Wildman–Crippen MR) is 60.4 cm³/mol. The lowest BCUT2D eigenvalue weighted by Gasteiger charge is -1.90. The number of aryl methyl sites for hydroxylation is 1. The summed E-state index contributed by atoms with van der Waals surface area (Å²) in [6.45, 7) is 9.98. The molecule has 3 nitrogen and oxygen atoms in total. The van der Waals surface area contributed by atoms with Crippen molar-refractivity contribution in [2.75, 3.05) is 0 Å². The Labute approximate surface area is 85.8 Å². The summed E-state index contributed by atoms with van der Waals surface area (Å²) in [5, 5.41) is 4.09. The van der Waals surface area contributed by atoms with Gasteiger partial charge in [-0.15, -0.1) is 0 Å². The fraction of sp³-hybridized carbons (Fsp3) is 0.455. The first-order valence-electron chi connectivity index (χ1n) is 5.13. The molecule has 0 N–H and O–H groups in total. The van der Waals surface area contributed by atoms with Gasteiger partial charge in [0.2, 0.25) is 0 Å². The van der Waals surface area contributed by atoms with Crippen molar-refractivity contribution in [3.63, 3.8) is 0 Å². The van der Waals surface area contributed by atoms with Crippen molar-refractivity contribution in [2.24, 2.45) is 0 Å². The number of hydrogen-bond acceptors (Lipinski definition) is 2. The normalized spacial score (nSPS) is 8.36. The van der Waals surface area contributed by atoms with Crippen molar-refractivity contribution in [3.8, 4) is 0 Å². The number of aromatic nitrogens is 3. The van der Waals surface area contributed by atoms with Crippen molar-refractivity contribution in [3.05, 3.63) is 30.2 Å². The minimum Gasteiger partial charge on any atom is -0.235 e. The summed E-state index contributed by atoms with van der Waals surface area (Å²) in [7, 11) is 0. The molecule has 0 aliphatic heterocycles. The van der Waals surface area contributed by atoms with Crippen LogP contribution in [0.4, 0.5) is 0 Å². The van der Waals surface area contributed by atoms with Crippen molar-refractivity contribution < 1.29 is 0 Å². The molecule has 2 heterocycles. The minimum absolute atomic E-state index is 0.903. The van der Waals surface area contributed by atoms with Gasteiger partial charge in [0.1, 0.15) is 0 Å². The van der Waals surface area contributed by atoms with Gasteiger partial charge in [0, 0.05) is 6.20 Å². The van der Waals surface area contributed by atoms with Gasteiger partial charge in [-0.2, -0.15) is 5.10 Å². The molecule has 0 radical (unpaired) electrons. The second-order valence-corrected chi connectivity index (χ2v) is 2.19. The third-order valence-electron chi connectivity index (χ3n) is 1.45. The van der Waals surface area contributed by atoms with Gasteiger partial charge < -0.3 is 0 Å². The molecule has 0 aliphatic rings. The highest BCUT2D eigenvalue weighted by atomic mass is 15.2. The molecule has 2 aromatic heterocycles. The van der Waals surface area contributed by atoms with Crippen LogP contribution >= 0.6 is 0 Å². The molecular weight excluding hydrogens is 174 g/mol. The van der Waals surface area contributed by atoms with Gasteiger partial charge in [-0.3, -0.25) is 0 Å². The molecule has 2 aromatic rings. The number of fused-ring (bicyclic) bond motifs is 1. The van der Waals surface area contributed by atoms with Crippen LogP contribution < -0.4 is 0 Å². The number of hydrogen-bond donors (Lipinski definition) is 0. The van der Waals surface area contributed by atoms with Crippen LogP contribution in [-0.2, 0) is 0 Å². The Bertz CT molecular complexity index is 352. The van der Waals surface area contributed by atoms with E-state index in [4.69, 9.17) is 0 Å². The van der Waals surface area contributed by atoms with Crippen molar-refractivity contribution in [1.82, 2.24) is 14.6 Å². The zero-order valence-electron chi connectivity index (χ0n) is 9.65. The number of rotatable bonds is 0. The van der Waals surface area contributed by atoms with Crippen LogP contribution in [0.25, 0.3) is 5.65 Å². The third-order valence-corrected chi connectivity index (χ3v) is 1.45. The second-order valence-electron chi connectivity index (χ2n) is 2.19. The quantitative estimate of drug-likeness (QED) is 0.643. The topological polar surface area (TPSA) is 30.2 Å². The summed E-state index contributed by atoms with van der Waals surface area (Å²) in [4.78, 5) is 4.12. The first kappa shape index (κ1) is 12.6. The van der Waals surface area contributed by atoms with Gasteiger partial charge in [-0.05, 0) is 19.1 Å². The third kappa shape index (κ3) is 2.83.